The Morgan fingerprint density at radius 3 is 1.81 bits per heavy atom. The molecule has 0 aromatic rings. The predicted molar refractivity (Wildman–Crippen MR) is 110 cm³/mol. The van der Waals surface area contributed by atoms with Crippen molar-refractivity contribution in [3.8, 4) is 0 Å². The summed E-state index contributed by atoms with van der Waals surface area (Å²) in [5.74, 6) is 0.730. The van der Waals surface area contributed by atoms with Crippen LogP contribution in [0, 0.1) is 5.92 Å². The molecule has 26 heavy (non-hydrogen) atoms. The lowest BCUT2D eigenvalue weighted by Crippen LogP contribution is -2.32. The molecule has 0 heterocycles. The van der Waals surface area contributed by atoms with E-state index in [1.54, 1.807) is 0 Å². The molecule has 4 nitrogen and oxygen atoms in total. The molecular formula is C20H40O4P2. The third-order valence-corrected chi connectivity index (χ3v) is 14.3. The molecule has 2 aliphatic carbocycles. The summed E-state index contributed by atoms with van der Waals surface area (Å²) in [7, 11) is -5.03. The molecule has 2 atom stereocenters. The van der Waals surface area contributed by atoms with Gasteiger partial charge in [0.1, 0.15) is 0 Å². The van der Waals surface area contributed by atoms with Gasteiger partial charge in [0.15, 0.2) is 0 Å². The minimum atomic E-state index is -4.17. The molecule has 154 valence electrons. The molecule has 2 fully saturated rings. The van der Waals surface area contributed by atoms with Crippen LogP contribution in [-0.2, 0) is 13.6 Å². The Morgan fingerprint density at radius 1 is 0.885 bits per heavy atom. The lowest BCUT2D eigenvalue weighted by atomic mass is 9.85. The number of hydrogen-bond acceptors (Lipinski definition) is 4. The van der Waals surface area contributed by atoms with E-state index in [-0.39, 0.29) is 12.2 Å². The first-order valence-electron chi connectivity index (χ1n) is 10.9. The summed E-state index contributed by atoms with van der Waals surface area (Å²) in [6, 6.07) is 0. The van der Waals surface area contributed by atoms with E-state index in [4.69, 9.17) is 9.05 Å². The van der Waals surface area contributed by atoms with Crippen molar-refractivity contribution in [1.82, 2.24) is 0 Å². The molecule has 0 aromatic heterocycles. The van der Waals surface area contributed by atoms with Gasteiger partial charge in [0.05, 0.1) is 36.4 Å². The van der Waals surface area contributed by atoms with Crippen LogP contribution in [0.4, 0.5) is 0 Å². The van der Waals surface area contributed by atoms with E-state index in [9.17, 15) is 9.46 Å². The van der Waals surface area contributed by atoms with E-state index >= 15 is 0 Å². The second-order valence-electron chi connectivity index (χ2n) is 8.36. The van der Waals surface area contributed by atoms with Gasteiger partial charge >= 0.3 is 0 Å². The highest BCUT2D eigenvalue weighted by Crippen LogP contribution is 2.65. The molecule has 2 rings (SSSR count). The molecule has 0 amide bonds. The van der Waals surface area contributed by atoms with Crippen molar-refractivity contribution in [3.63, 3.8) is 0 Å². The van der Waals surface area contributed by atoms with Crippen LogP contribution >= 0.6 is 15.1 Å². The molecule has 0 aliphatic heterocycles. The van der Waals surface area contributed by atoms with Gasteiger partial charge in [-0.1, -0.05) is 19.3 Å². The summed E-state index contributed by atoms with van der Waals surface area (Å²) in [5.41, 5.74) is 0.793. The van der Waals surface area contributed by atoms with Crippen LogP contribution in [0.15, 0.2) is 0 Å². The molecule has 0 spiro atoms. The molecule has 2 saturated carbocycles. The largest absolute Gasteiger partial charge is 0.756 e. The average Bonchev–Trinajstić information content (AvgIpc) is 2.64. The first-order valence-corrected chi connectivity index (χ1v) is 14.8. The number of phosphoric acid groups is 1. The van der Waals surface area contributed by atoms with Gasteiger partial charge in [-0.05, 0) is 72.1 Å². The third kappa shape index (κ3) is 6.02. The standard InChI is InChI=1S/C20H40O4P2/c1-5-25(6-2,7-3)17(4)18-13-15-20(16-14-18)24-26(21,22)23-19-11-9-8-10-12-19/h17-20H,5-16H2,1-4H3. The topological polar surface area (TPSA) is 58.6 Å². The van der Waals surface area contributed by atoms with Crippen molar-refractivity contribution >= 4 is 15.1 Å². The predicted octanol–water partition coefficient (Wildman–Crippen LogP) is 5.85. The molecule has 0 radical (unpaired) electrons. The van der Waals surface area contributed by atoms with Gasteiger partial charge in [0.2, 0.25) is 0 Å². The lowest BCUT2D eigenvalue weighted by Gasteiger charge is -2.40. The second kappa shape index (κ2) is 10.4. The first-order chi connectivity index (χ1) is 12.4. The van der Waals surface area contributed by atoms with Crippen LogP contribution in [0.25, 0.3) is 0 Å². The van der Waals surface area contributed by atoms with E-state index in [2.05, 4.69) is 27.7 Å². The quantitative estimate of drug-likeness (QED) is 0.451. The number of rotatable bonds is 9. The molecule has 0 bridgehead atoms. The smallest absolute Gasteiger partial charge is 0.268 e. The molecule has 6 heteroatoms. The molecule has 2 aliphatic rings. The van der Waals surface area contributed by atoms with E-state index in [1.165, 1.54) is 24.9 Å². The van der Waals surface area contributed by atoms with Gasteiger partial charge in [0.25, 0.3) is 7.82 Å². The van der Waals surface area contributed by atoms with Gasteiger partial charge in [-0.3, -0.25) is 4.57 Å². The first kappa shape index (κ1) is 22.8. The zero-order valence-corrected chi connectivity index (χ0v) is 19.1. The van der Waals surface area contributed by atoms with Crippen LogP contribution in [0.3, 0.4) is 0 Å². The highest BCUT2D eigenvalue weighted by Gasteiger charge is 2.43. The maximum atomic E-state index is 12.3. The highest BCUT2D eigenvalue weighted by molar-refractivity contribution is 7.76. The minimum Gasteiger partial charge on any atom is -0.756 e. The fraction of sp³-hybridized carbons (Fsp3) is 1.00. The van der Waals surface area contributed by atoms with E-state index in [0.29, 0.717) is 0 Å². The lowest BCUT2D eigenvalue weighted by molar-refractivity contribution is -0.235. The Balaban J connectivity index is 1.82. The normalized spacial score (nSPS) is 29.3. The minimum absolute atomic E-state index is 0.160. The zero-order chi connectivity index (χ0) is 19.2. The highest BCUT2D eigenvalue weighted by atomic mass is 31.2. The number of hydrogen-bond donors (Lipinski definition) is 0. The summed E-state index contributed by atoms with van der Waals surface area (Å²) in [5, 5.41) is 0. The molecule has 0 saturated heterocycles. The van der Waals surface area contributed by atoms with Crippen molar-refractivity contribution in [2.24, 2.45) is 5.92 Å². The fourth-order valence-corrected chi connectivity index (χ4v) is 10.7. The summed E-state index contributed by atoms with van der Waals surface area (Å²) in [4.78, 5) is 12.3. The maximum Gasteiger partial charge on any atom is 0.268 e. The number of phosphoric ester groups is 1. The van der Waals surface area contributed by atoms with Crippen LogP contribution < -0.4 is 4.89 Å². The van der Waals surface area contributed by atoms with Crippen LogP contribution in [-0.4, -0.2) is 36.4 Å². The Bertz CT molecular complexity index is 444. The monoisotopic (exact) mass is 406 g/mol. The van der Waals surface area contributed by atoms with E-state index in [1.807, 2.05) is 0 Å². The van der Waals surface area contributed by atoms with Gasteiger partial charge in [-0.25, -0.2) is 0 Å². The van der Waals surface area contributed by atoms with Crippen molar-refractivity contribution in [2.75, 3.05) is 18.5 Å². The van der Waals surface area contributed by atoms with Crippen molar-refractivity contribution < 1.29 is 18.5 Å². The molecule has 2 unspecified atom stereocenters. The van der Waals surface area contributed by atoms with Crippen LogP contribution in [0.2, 0.25) is 0 Å². The fourth-order valence-electron chi connectivity index (χ4n) is 5.22. The van der Waals surface area contributed by atoms with Crippen LogP contribution in [0.5, 0.6) is 0 Å². The zero-order valence-electron chi connectivity index (χ0n) is 17.3. The van der Waals surface area contributed by atoms with Crippen molar-refractivity contribution in [2.45, 2.75) is 103 Å². The van der Waals surface area contributed by atoms with Gasteiger partial charge in [-0.15, -0.1) is 0 Å². The van der Waals surface area contributed by atoms with Crippen LogP contribution in [0.1, 0.15) is 85.5 Å². The van der Waals surface area contributed by atoms with Crippen molar-refractivity contribution in [1.29, 1.82) is 0 Å². The van der Waals surface area contributed by atoms with Crippen molar-refractivity contribution in [3.05, 3.63) is 0 Å². The Labute approximate surface area is 161 Å². The Kier molecular flexibility index (Phi) is 9.09. The summed E-state index contributed by atoms with van der Waals surface area (Å²) < 4.78 is 23.1. The Hall–Kier alpha value is 0.540. The summed E-state index contributed by atoms with van der Waals surface area (Å²) in [6.45, 7) is 9.55. The summed E-state index contributed by atoms with van der Waals surface area (Å²) >= 11 is 0. The van der Waals surface area contributed by atoms with E-state index in [0.717, 1.165) is 62.9 Å². The third-order valence-electron chi connectivity index (χ3n) is 7.26. The molecule has 0 aromatic carbocycles. The van der Waals surface area contributed by atoms with Gasteiger partial charge in [0, 0.05) is 7.26 Å². The average molecular weight is 406 g/mol. The van der Waals surface area contributed by atoms with Gasteiger partial charge < -0.3 is 13.9 Å². The molecule has 0 N–H and O–H groups in total. The summed E-state index contributed by atoms with van der Waals surface area (Å²) in [6.07, 6.45) is 12.6. The molecular weight excluding hydrogens is 366 g/mol. The second-order valence-corrected chi connectivity index (χ2v) is 14.8. The van der Waals surface area contributed by atoms with Gasteiger partial charge in [-0.2, -0.15) is 0 Å². The SMILES string of the molecule is CC[P+](CC)(CC)C(C)C1CCC(OP(=O)([O-])OC2CCCCC2)CC1. The Morgan fingerprint density at radius 2 is 1.35 bits per heavy atom. The maximum absolute atomic E-state index is 12.3. The van der Waals surface area contributed by atoms with E-state index < -0.39 is 15.1 Å².